The highest BCUT2D eigenvalue weighted by molar-refractivity contribution is 5.22. The van der Waals surface area contributed by atoms with Crippen molar-refractivity contribution < 1.29 is 14.2 Å². The molecule has 0 bridgehead atoms. The van der Waals surface area contributed by atoms with Crippen molar-refractivity contribution in [2.24, 2.45) is 0 Å². The Hall–Kier alpha value is -1.17. The number of nitrogens with zero attached hydrogens (tertiary/aromatic N) is 2. The maximum Gasteiger partial charge on any atom is 0.123 e. The molecule has 0 saturated carbocycles. The van der Waals surface area contributed by atoms with Gasteiger partial charge >= 0.3 is 0 Å². The minimum Gasteiger partial charge on any atom is -0.491 e. The molecular formula is C14H21FN2O2. The summed E-state index contributed by atoms with van der Waals surface area (Å²) >= 11 is 0. The lowest BCUT2D eigenvalue weighted by Gasteiger charge is -2.33. The van der Waals surface area contributed by atoms with Crippen LogP contribution in [0.25, 0.3) is 0 Å². The van der Waals surface area contributed by atoms with Crippen LogP contribution in [-0.2, 0) is 0 Å². The fraction of sp³-hybridized carbons (Fsp3) is 0.571. The first-order valence-electron chi connectivity index (χ1n) is 6.61. The SMILES string of the molecule is CN1CCN(C[C@H](O)COc2ccc(F)cc2)CC1. The Bertz CT molecular complexity index is 378. The van der Waals surface area contributed by atoms with Crippen molar-refractivity contribution in [2.75, 3.05) is 46.4 Å². The van der Waals surface area contributed by atoms with Gasteiger partial charge in [0.15, 0.2) is 0 Å². The fourth-order valence-electron chi connectivity index (χ4n) is 2.10. The second-order valence-corrected chi connectivity index (χ2v) is 5.02. The van der Waals surface area contributed by atoms with Crippen molar-refractivity contribution in [1.82, 2.24) is 9.80 Å². The highest BCUT2D eigenvalue weighted by Gasteiger charge is 2.17. The van der Waals surface area contributed by atoms with Crippen LogP contribution in [0.4, 0.5) is 4.39 Å². The molecule has 1 aliphatic heterocycles. The average molecular weight is 268 g/mol. The number of piperazine rings is 1. The predicted octanol–water partition coefficient (Wildman–Crippen LogP) is 0.813. The zero-order chi connectivity index (χ0) is 13.7. The molecule has 106 valence electrons. The van der Waals surface area contributed by atoms with Gasteiger partial charge in [-0.05, 0) is 31.3 Å². The van der Waals surface area contributed by atoms with E-state index in [1.807, 2.05) is 0 Å². The van der Waals surface area contributed by atoms with E-state index in [1.165, 1.54) is 12.1 Å². The Morgan fingerprint density at radius 2 is 1.84 bits per heavy atom. The maximum atomic E-state index is 12.7. The van der Waals surface area contributed by atoms with Gasteiger partial charge in [0.2, 0.25) is 0 Å². The van der Waals surface area contributed by atoms with Gasteiger partial charge in [0, 0.05) is 32.7 Å². The van der Waals surface area contributed by atoms with Crippen molar-refractivity contribution in [3.8, 4) is 5.75 Å². The molecule has 1 aliphatic rings. The van der Waals surface area contributed by atoms with Crippen LogP contribution >= 0.6 is 0 Å². The Morgan fingerprint density at radius 1 is 1.21 bits per heavy atom. The number of halogens is 1. The molecule has 0 radical (unpaired) electrons. The topological polar surface area (TPSA) is 35.9 Å². The van der Waals surface area contributed by atoms with E-state index in [2.05, 4.69) is 16.8 Å². The summed E-state index contributed by atoms with van der Waals surface area (Å²) in [6.07, 6.45) is -0.520. The van der Waals surface area contributed by atoms with Crippen LogP contribution in [0, 0.1) is 5.82 Å². The Labute approximate surface area is 113 Å². The number of rotatable bonds is 5. The van der Waals surface area contributed by atoms with Gasteiger partial charge in [-0.2, -0.15) is 0 Å². The first kappa shape index (κ1) is 14.2. The van der Waals surface area contributed by atoms with Crippen molar-refractivity contribution in [1.29, 1.82) is 0 Å². The molecule has 1 heterocycles. The summed E-state index contributed by atoms with van der Waals surface area (Å²) in [6.45, 7) is 4.87. The lowest BCUT2D eigenvalue weighted by Crippen LogP contribution is -2.47. The second-order valence-electron chi connectivity index (χ2n) is 5.02. The van der Waals surface area contributed by atoms with Crippen molar-refractivity contribution in [3.05, 3.63) is 30.1 Å². The smallest absolute Gasteiger partial charge is 0.123 e. The Balaban J connectivity index is 1.69. The summed E-state index contributed by atoms with van der Waals surface area (Å²) in [5.74, 6) is 0.296. The lowest BCUT2D eigenvalue weighted by molar-refractivity contribution is 0.0504. The summed E-state index contributed by atoms with van der Waals surface area (Å²) in [7, 11) is 2.10. The lowest BCUT2D eigenvalue weighted by atomic mass is 10.3. The number of ether oxygens (including phenoxy) is 1. The van der Waals surface area contributed by atoms with Crippen LogP contribution in [0.2, 0.25) is 0 Å². The molecule has 1 atom stereocenters. The van der Waals surface area contributed by atoms with Crippen LogP contribution in [0.1, 0.15) is 0 Å². The van der Waals surface area contributed by atoms with Gasteiger partial charge in [0.25, 0.3) is 0 Å². The van der Waals surface area contributed by atoms with Gasteiger partial charge < -0.3 is 14.7 Å². The van der Waals surface area contributed by atoms with Gasteiger partial charge in [-0.15, -0.1) is 0 Å². The quantitative estimate of drug-likeness (QED) is 0.857. The van der Waals surface area contributed by atoms with Gasteiger partial charge in [-0.25, -0.2) is 4.39 Å². The summed E-state index contributed by atoms with van der Waals surface area (Å²) in [4.78, 5) is 4.51. The van der Waals surface area contributed by atoms with Gasteiger partial charge in [0.1, 0.15) is 24.3 Å². The summed E-state index contributed by atoms with van der Waals surface area (Å²) in [5, 5.41) is 9.93. The summed E-state index contributed by atoms with van der Waals surface area (Å²) < 4.78 is 18.1. The van der Waals surface area contributed by atoms with E-state index in [0.29, 0.717) is 12.3 Å². The Kier molecular flexibility index (Phi) is 5.13. The number of β-amino-alcohol motifs (C(OH)–C–C–N with tert-alkyl or cyclic N) is 1. The number of hydrogen-bond donors (Lipinski definition) is 1. The molecule has 1 aromatic carbocycles. The van der Waals surface area contributed by atoms with Gasteiger partial charge in [-0.3, -0.25) is 4.90 Å². The van der Waals surface area contributed by atoms with Crippen molar-refractivity contribution in [3.63, 3.8) is 0 Å². The van der Waals surface area contributed by atoms with E-state index in [9.17, 15) is 9.50 Å². The molecule has 0 unspecified atom stereocenters. The highest BCUT2D eigenvalue weighted by atomic mass is 19.1. The van der Waals surface area contributed by atoms with Crippen LogP contribution in [0.3, 0.4) is 0 Å². The summed E-state index contributed by atoms with van der Waals surface area (Å²) in [5.41, 5.74) is 0. The molecule has 2 rings (SSSR count). The van der Waals surface area contributed by atoms with E-state index in [1.54, 1.807) is 12.1 Å². The molecule has 1 N–H and O–H groups in total. The van der Waals surface area contributed by atoms with Crippen LogP contribution in [0.15, 0.2) is 24.3 Å². The molecule has 1 saturated heterocycles. The average Bonchev–Trinajstić information content (AvgIpc) is 2.41. The number of aliphatic hydroxyl groups excluding tert-OH is 1. The van der Waals surface area contributed by atoms with Crippen LogP contribution in [0.5, 0.6) is 5.75 Å². The van der Waals surface area contributed by atoms with Crippen molar-refractivity contribution >= 4 is 0 Å². The minimum atomic E-state index is -0.520. The molecule has 1 aromatic rings. The number of hydrogen-bond acceptors (Lipinski definition) is 4. The molecular weight excluding hydrogens is 247 g/mol. The fourth-order valence-corrected chi connectivity index (χ4v) is 2.10. The highest BCUT2D eigenvalue weighted by Crippen LogP contribution is 2.11. The standard InChI is InChI=1S/C14H21FN2O2/c1-16-6-8-17(9-7-16)10-13(18)11-19-14-4-2-12(15)3-5-14/h2-5,13,18H,6-11H2,1H3/t13-/m0/s1. The first-order chi connectivity index (χ1) is 9.13. The van der Waals surface area contributed by atoms with Gasteiger partial charge in [-0.1, -0.05) is 0 Å². The normalized spacial score (nSPS) is 19.3. The molecule has 1 fully saturated rings. The predicted molar refractivity (Wildman–Crippen MR) is 71.8 cm³/mol. The van der Waals surface area contributed by atoms with E-state index >= 15 is 0 Å². The van der Waals surface area contributed by atoms with Crippen molar-refractivity contribution in [2.45, 2.75) is 6.10 Å². The third-order valence-electron chi connectivity index (χ3n) is 3.32. The largest absolute Gasteiger partial charge is 0.491 e. The molecule has 0 amide bonds. The summed E-state index contributed by atoms with van der Waals surface area (Å²) in [6, 6.07) is 5.83. The van der Waals surface area contributed by atoms with Gasteiger partial charge in [0.05, 0.1) is 0 Å². The molecule has 0 aromatic heterocycles. The molecule has 0 aliphatic carbocycles. The van der Waals surface area contributed by atoms with Crippen LogP contribution in [-0.4, -0.2) is 67.4 Å². The zero-order valence-corrected chi connectivity index (χ0v) is 11.3. The monoisotopic (exact) mass is 268 g/mol. The third-order valence-corrected chi connectivity index (χ3v) is 3.32. The third kappa shape index (κ3) is 4.78. The molecule has 5 heteroatoms. The number of likely N-dealkylation sites (N-methyl/N-ethyl adjacent to an activating group) is 1. The Morgan fingerprint density at radius 3 is 2.47 bits per heavy atom. The van der Waals surface area contributed by atoms with E-state index in [0.717, 1.165) is 26.2 Å². The van der Waals surface area contributed by atoms with E-state index in [4.69, 9.17) is 4.74 Å². The molecule has 19 heavy (non-hydrogen) atoms. The molecule has 0 spiro atoms. The van der Waals surface area contributed by atoms with Crippen LogP contribution < -0.4 is 4.74 Å². The minimum absolute atomic E-state index is 0.234. The number of aliphatic hydroxyl groups is 1. The molecule has 4 nitrogen and oxygen atoms in total. The van der Waals surface area contributed by atoms with E-state index in [-0.39, 0.29) is 12.4 Å². The zero-order valence-electron chi connectivity index (χ0n) is 11.3. The number of benzene rings is 1. The second kappa shape index (κ2) is 6.84. The van der Waals surface area contributed by atoms with E-state index < -0.39 is 6.10 Å². The first-order valence-corrected chi connectivity index (χ1v) is 6.61. The maximum absolute atomic E-state index is 12.7.